The minimum atomic E-state index is -0.365. The molecule has 0 aliphatic heterocycles. The predicted molar refractivity (Wildman–Crippen MR) is 63.1 cm³/mol. The molecular formula is C12H15ClO3. The Kier molecular flexibility index (Phi) is 4.62. The zero-order chi connectivity index (χ0) is 12.1. The predicted octanol–water partition coefficient (Wildman–Crippen LogP) is 2.90. The fourth-order valence-corrected chi connectivity index (χ4v) is 1.79. The van der Waals surface area contributed by atoms with Crippen LogP contribution in [0.3, 0.4) is 0 Å². The molecule has 4 heteroatoms. The molecule has 0 aliphatic rings. The molecule has 0 radical (unpaired) electrons. The zero-order valence-electron chi connectivity index (χ0n) is 9.67. The van der Waals surface area contributed by atoms with E-state index in [1.165, 1.54) is 0 Å². The Bertz CT molecular complexity index is 365. The first-order valence-electron chi connectivity index (χ1n) is 5.09. The van der Waals surface area contributed by atoms with Crippen molar-refractivity contribution in [1.29, 1.82) is 0 Å². The van der Waals surface area contributed by atoms with Gasteiger partial charge in [0.25, 0.3) is 0 Å². The van der Waals surface area contributed by atoms with Crippen LogP contribution >= 0.6 is 11.6 Å². The number of aryl methyl sites for hydroxylation is 2. The van der Waals surface area contributed by atoms with Gasteiger partial charge < -0.3 is 9.47 Å². The molecule has 0 amide bonds. The molecule has 0 unspecified atom stereocenters. The standard InChI is InChI=1S/C12H15ClO3/c1-4-15-11(14)7-16-12-8(2)5-10(13)6-9(12)3/h5-6H,4,7H2,1-3H3. The number of benzene rings is 1. The van der Waals surface area contributed by atoms with E-state index in [1.54, 1.807) is 19.1 Å². The molecule has 0 saturated carbocycles. The van der Waals surface area contributed by atoms with Gasteiger partial charge in [0.1, 0.15) is 5.75 Å². The molecular weight excluding hydrogens is 228 g/mol. The van der Waals surface area contributed by atoms with Gasteiger partial charge in [0.05, 0.1) is 6.61 Å². The number of hydrogen-bond donors (Lipinski definition) is 0. The molecule has 1 aromatic carbocycles. The fraction of sp³-hybridized carbons (Fsp3) is 0.417. The smallest absolute Gasteiger partial charge is 0.344 e. The van der Waals surface area contributed by atoms with E-state index in [0.29, 0.717) is 17.4 Å². The Morgan fingerprint density at radius 2 is 1.88 bits per heavy atom. The number of ether oxygens (including phenoxy) is 2. The van der Waals surface area contributed by atoms with E-state index in [1.807, 2.05) is 13.8 Å². The van der Waals surface area contributed by atoms with Crippen LogP contribution in [0.5, 0.6) is 5.75 Å². The van der Waals surface area contributed by atoms with E-state index in [2.05, 4.69) is 0 Å². The van der Waals surface area contributed by atoms with Crippen LogP contribution in [0.25, 0.3) is 0 Å². The van der Waals surface area contributed by atoms with Crippen molar-refractivity contribution < 1.29 is 14.3 Å². The van der Waals surface area contributed by atoms with Crippen LogP contribution in [0.1, 0.15) is 18.1 Å². The van der Waals surface area contributed by atoms with Crippen LogP contribution in [-0.4, -0.2) is 19.2 Å². The summed E-state index contributed by atoms with van der Waals surface area (Å²) in [5.41, 5.74) is 1.82. The molecule has 0 spiro atoms. The Hall–Kier alpha value is -1.22. The van der Waals surface area contributed by atoms with Gasteiger partial charge in [0.15, 0.2) is 6.61 Å². The van der Waals surface area contributed by atoms with Crippen LogP contribution in [0.2, 0.25) is 5.02 Å². The van der Waals surface area contributed by atoms with Gasteiger partial charge in [-0.15, -0.1) is 0 Å². The molecule has 0 bridgehead atoms. The van der Waals surface area contributed by atoms with Gasteiger partial charge in [-0.2, -0.15) is 0 Å². The molecule has 88 valence electrons. The minimum Gasteiger partial charge on any atom is -0.481 e. The summed E-state index contributed by atoms with van der Waals surface area (Å²) in [5.74, 6) is 0.328. The normalized spacial score (nSPS) is 10.0. The van der Waals surface area contributed by atoms with Crippen molar-refractivity contribution in [2.24, 2.45) is 0 Å². The quantitative estimate of drug-likeness (QED) is 0.762. The topological polar surface area (TPSA) is 35.5 Å². The highest BCUT2D eigenvalue weighted by molar-refractivity contribution is 6.30. The molecule has 0 aliphatic carbocycles. The van der Waals surface area contributed by atoms with E-state index in [9.17, 15) is 4.79 Å². The molecule has 0 heterocycles. The van der Waals surface area contributed by atoms with Crippen LogP contribution < -0.4 is 4.74 Å². The lowest BCUT2D eigenvalue weighted by atomic mass is 10.1. The molecule has 0 aromatic heterocycles. The third kappa shape index (κ3) is 3.42. The van der Waals surface area contributed by atoms with Gasteiger partial charge in [-0.3, -0.25) is 0 Å². The molecule has 0 atom stereocenters. The van der Waals surface area contributed by atoms with Crippen molar-refractivity contribution in [1.82, 2.24) is 0 Å². The first kappa shape index (κ1) is 12.8. The minimum absolute atomic E-state index is 0.0723. The monoisotopic (exact) mass is 242 g/mol. The van der Waals surface area contributed by atoms with Gasteiger partial charge in [-0.1, -0.05) is 11.6 Å². The van der Waals surface area contributed by atoms with E-state index >= 15 is 0 Å². The SMILES string of the molecule is CCOC(=O)COc1c(C)cc(Cl)cc1C. The van der Waals surface area contributed by atoms with Gasteiger partial charge in [0, 0.05) is 5.02 Å². The van der Waals surface area contributed by atoms with E-state index < -0.39 is 0 Å². The number of hydrogen-bond acceptors (Lipinski definition) is 3. The maximum Gasteiger partial charge on any atom is 0.344 e. The van der Waals surface area contributed by atoms with Crippen LogP contribution in [0.4, 0.5) is 0 Å². The van der Waals surface area contributed by atoms with Crippen molar-refractivity contribution in [3.63, 3.8) is 0 Å². The molecule has 1 aromatic rings. The van der Waals surface area contributed by atoms with E-state index in [0.717, 1.165) is 11.1 Å². The van der Waals surface area contributed by atoms with Crippen molar-refractivity contribution in [2.45, 2.75) is 20.8 Å². The fourth-order valence-electron chi connectivity index (χ4n) is 1.46. The number of halogens is 1. The molecule has 0 N–H and O–H groups in total. The average Bonchev–Trinajstić information content (AvgIpc) is 2.16. The third-order valence-electron chi connectivity index (χ3n) is 2.06. The number of carbonyl (C=O) groups is 1. The zero-order valence-corrected chi connectivity index (χ0v) is 10.4. The summed E-state index contributed by atoms with van der Waals surface area (Å²) in [6, 6.07) is 3.60. The Morgan fingerprint density at radius 3 is 2.38 bits per heavy atom. The average molecular weight is 243 g/mol. The van der Waals surface area contributed by atoms with Crippen molar-refractivity contribution in [3.8, 4) is 5.75 Å². The second kappa shape index (κ2) is 5.75. The Labute approximate surface area is 100 Å². The van der Waals surface area contributed by atoms with Gasteiger partial charge in [-0.05, 0) is 44.0 Å². The highest BCUT2D eigenvalue weighted by Gasteiger charge is 2.08. The third-order valence-corrected chi connectivity index (χ3v) is 2.28. The van der Waals surface area contributed by atoms with Crippen molar-refractivity contribution >= 4 is 17.6 Å². The first-order valence-corrected chi connectivity index (χ1v) is 5.47. The van der Waals surface area contributed by atoms with Crippen LogP contribution in [0.15, 0.2) is 12.1 Å². The highest BCUT2D eigenvalue weighted by atomic mass is 35.5. The largest absolute Gasteiger partial charge is 0.481 e. The lowest BCUT2D eigenvalue weighted by Gasteiger charge is -2.11. The molecule has 0 saturated heterocycles. The van der Waals surface area contributed by atoms with Gasteiger partial charge >= 0.3 is 5.97 Å². The maximum atomic E-state index is 11.1. The molecule has 0 fully saturated rings. The van der Waals surface area contributed by atoms with Crippen molar-refractivity contribution in [3.05, 3.63) is 28.3 Å². The Balaban J connectivity index is 2.70. The Morgan fingerprint density at radius 1 is 1.31 bits per heavy atom. The summed E-state index contributed by atoms with van der Waals surface area (Å²) < 4.78 is 10.2. The molecule has 16 heavy (non-hydrogen) atoms. The summed E-state index contributed by atoms with van der Waals surface area (Å²) in [5, 5.41) is 0.665. The summed E-state index contributed by atoms with van der Waals surface area (Å²) >= 11 is 5.89. The lowest BCUT2D eigenvalue weighted by molar-refractivity contribution is -0.145. The van der Waals surface area contributed by atoms with Crippen molar-refractivity contribution in [2.75, 3.05) is 13.2 Å². The van der Waals surface area contributed by atoms with E-state index in [4.69, 9.17) is 21.1 Å². The summed E-state index contributed by atoms with van der Waals surface area (Å²) in [7, 11) is 0. The highest BCUT2D eigenvalue weighted by Crippen LogP contribution is 2.26. The number of esters is 1. The van der Waals surface area contributed by atoms with Crippen LogP contribution in [0, 0.1) is 13.8 Å². The van der Waals surface area contributed by atoms with Gasteiger partial charge in [-0.25, -0.2) is 4.79 Å². The number of rotatable bonds is 4. The summed E-state index contributed by atoms with van der Waals surface area (Å²) in [6.07, 6.45) is 0. The second-order valence-electron chi connectivity index (χ2n) is 3.46. The van der Waals surface area contributed by atoms with E-state index in [-0.39, 0.29) is 12.6 Å². The van der Waals surface area contributed by atoms with Gasteiger partial charge in [0.2, 0.25) is 0 Å². The number of carbonyl (C=O) groups excluding carboxylic acids is 1. The lowest BCUT2D eigenvalue weighted by Crippen LogP contribution is -2.15. The second-order valence-corrected chi connectivity index (χ2v) is 3.90. The first-order chi connectivity index (χ1) is 7.54. The summed E-state index contributed by atoms with van der Waals surface area (Å²) in [6.45, 7) is 5.83. The molecule has 1 rings (SSSR count). The summed E-state index contributed by atoms with van der Waals surface area (Å²) in [4.78, 5) is 11.1. The van der Waals surface area contributed by atoms with Crippen LogP contribution in [-0.2, 0) is 9.53 Å². The molecule has 3 nitrogen and oxygen atoms in total. The maximum absolute atomic E-state index is 11.1.